The van der Waals surface area contributed by atoms with E-state index < -0.39 is 5.54 Å². The van der Waals surface area contributed by atoms with E-state index in [-0.39, 0.29) is 17.2 Å². The van der Waals surface area contributed by atoms with Crippen LogP contribution in [0.4, 0.5) is 0 Å². The van der Waals surface area contributed by atoms with Crippen molar-refractivity contribution in [2.24, 2.45) is 0 Å². The van der Waals surface area contributed by atoms with Crippen LogP contribution in [0.25, 0.3) is 16.6 Å². The van der Waals surface area contributed by atoms with Crippen molar-refractivity contribution in [2.75, 3.05) is 12.4 Å². The van der Waals surface area contributed by atoms with Gasteiger partial charge < -0.3 is 10.1 Å². The molecule has 1 fully saturated rings. The smallest absolute Gasteiger partial charge is 0.266 e. The molecule has 170 valence electrons. The lowest BCUT2D eigenvalue weighted by Crippen LogP contribution is -2.49. The van der Waals surface area contributed by atoms with Gasteiger partial charge in [-0.15, -0.1) is 0 Å². The van der Waals surface area contributed by atoms with Crippen molar-refractivity contribution in [1.29, 1.82) is 5.26 Å². The highest BCUT2D eigenvalue weighted by Gasteiger charge is 2.33. The number of carbonyl (C=O) groups is 1. The molecule has 1 aliphatic carbocycles. The molecule has 7 nitrogen and oxygen atoms in total. The van der Waals surface area contributed by atoms with E-state index in [1.165, 1.54) is 16.3 Å². The van der Waals surface area contributed by atoms with E-state index in [0.29, 0.717) is 46.9 Å². The SMILES string of the molecule is CCOc1ccc(-n2c(SCC(=O)NC3(C#N)CCCCC3)nc3ccccc3c2=O)cc1. The highest BCUT2D eigenvalue weighted by molar-refractivity contribution is 7.99. The fourth-order valence-corrected chi connectivity index (χ4v) is 4.96. The van der Waals surface area contributed by atoms with Gasteiger partial charge >= 0.3 is 0 Å². The van der Waals surface area contributed by atoms with Gasteiger partial charge in [-0.2, -0.15) is 5.26 Å². The van der Waals surface area contributed by atoms with Crippen LogP contribution in [0.15, 0.2) is 58.5 Å². The van der Waals surface area contributed by atoms with Gasteiger partial charge in [-0.1, -0.05) is 43.2 Å². The summed E-state index contributed by atoms with van der Waals surface area (Å²) < 4.78 is 7.04. The summed E-state index contributed by atoms with van der Waals surface area (Å²) in [6.07, 6.45) is 4.30. The van der Waals surface area contributed by atoms with Crippen LogP contribution in [0, 0.1) is 11.3 Å². The van der Waals surface area contributed by atoms with Crippen LogP contribution in [0.2, 0.25) is 0 Å². The first-order chi connectivity index (χ1) is 16.0. The number of fused-ring (bicyclic) bond motifs is 1. The molecule has 0 bridgehead atoms. The Morgan fingerprint density at radius 1 is 1.18 bits per heavy atom. The third-order valence-corrected chi connectivity index (χ3v) is 6.72. The zero-order chi connectivity index (χ0) is 23.3. The summed E-state index contributed by atoms with van der Waals surface area (Å²) in [5, 5.41) is 13.5. The van der Waals surface area contributed by atoms with Gasteiger partial charge in [-0.3, -0.25) is 14.2 Å². The van der Waals surface area contributed by atoms with E-state index in [1.54, 1.807) is 42.5 Å². The van der Waals surface area contributed by atoms with E-state index in [2.05, 4.69) is 16.4 Å². The Morgan fingerprint density at radius 2 is 1.91 bits per heavy atom. The van der Waals surface area contributed by atoms with Crippen molar-refractivity contribution in [3.05, 3.63) is 58.9 Å². The predicted molar refractivity (Wildman–Crippen MR) is 129 cm³/mol. The maximum Gasteiger partial charge on any atom is 0.266 e. The molecule has 2 aromatic carbocycles. The third-order valence-electron chi connectivity index (χ3n) is 5.78. The maximum atomic E-state index is 13.4. The predicted octanol–water partition coefficient (Wildman–Crippen LogP) is 4.22. The number of thioether (sulfide) groups is 1. The first-order valence-corrected chi connectivity index (χ1v) is 12.1. The topological polar surface area (TPSA) is 97.0 Å². The zero-order valence-electron chi connectivity index (χ0n) is 18.5. The molecule has 1 amide bonds. The van der Waals surface area contributed by atoms with Crippen molar-refractivity contribution >= 4 is 28.6 Å². The van der Waals surface area contributed by atoms with Crippen LogP contribution in [0.1, 0.15) is 39.0 Å². The molecule has 0 unspecified atom stereocenters. The normalized spacial score (nSPS) is 15.0. The summed E-state index contributed by atoms with van der Waals surface area (Å²) in [6, 6.07) is 16.7. The number of nitrogens with zero attached hydrogens (tertiary/aromatic N) is 3. The molecule has 33 heavy (non-hydrogen) atoms. The van der Waals surface area contributed by atoms with E-state index in [0.717, 1.165) is 19.3 Å². The largest absolute Gasteiger partial charge is 0.494 e. The van der Waals surface area contributed by atoms with Crippen LogP contribution in [-0.4, -0.2) is 33.4 Å². The Balaban J connectivity index is 1.63. The number of hydrogen-bond donors (Lipinski definition) is 1. The van der Waals surface area contributed by atoms with E-state index >= 15 is 0 Å². The highest BCUT2D eigenvalue weighted by Crippen LogP contribution is 2.28. The van der Waals surface area contributed by atoms with Gasteiger partial charge in [0, 0.05) is 0 Å². The summed E-state index contributed by atoms with van der Waals surface area (Å²) in [7, 11) is 0. The molecule has 1 aliphatic rings. The molecular weight excluding hydrogens is 436 g/mol. The van der Waals surface area contributed by atoms with Crippen LogP contribution >= 0.6 is 11.8 Å². The number of ether oxygens (including phenoxy) is 1. The number of para-hydroxylation sites is 1. The standard InChI is InChI=1S/C25H26N4O3S/c1-2-32-19-12-10-18(11-13-19)29-23(31)20-8-4-5-9-21(20)27-24(29)33-16-22(30)28-25(17-26)14-6-3-7-15-25/h4-5,8-13H,2-3,6-7,14-16H2,1H3,(H,28,30). The minimum absolute atomic E-state index is 0.0608. The Hall–Kier alpha value is -3.31. The summed E-state index contributed by atoms with van der Waals surface area (Å²) in [5.74, 6) is 0.542. The van der Waals surface area contributed by atoms with Gasteiger partial charge in [0.05, 0.1) is 35.0 Å². The Morgan fingerprint density at radius 3 is 2.61 bits per heavy atom. The highest BCUT2D eigenvalue weighted by atomic mass is 32.2. The monoisotopic (exact) mass is 462 g/mol. The molecule has 1 aromatic heterocycles. The third kappa shape index (κ3) is 5.04. The molecule has 8 heteroatoms. The number of hydrogen-bond acceptors (Lipinski definition) is 6. The van der Waals surface area contributed by atoms with Crippen LogP contribution in [0.3, 0.4) is 0 Å². The van der Waals surface area contributed by atoms with Crippen LogP contribution in [0.5, 0.6) is 5.75 Å². The Labute approximate surface area is 196 Å². The minimum Gasteiger partial charge on any atom is -0.494 e. The lowest BCUT2D eigenvalue weighted by molar-refractivity contribution is -0.120. The summed E-state index contributed by atoms with van der Waals surface area (Å²) in [4.78, 5) is 30.8. The number of benzene rings is 2. The molecule has 0 atom stereocenters. The number of aromatic nitrogens is 2. The summed E-state index contributed by atoms with van der Waals surface area (Å²) in [6.45, 7) is 2.46. The second kappa shape index (κ2) is 10.1. The minimum atomic E-state index is -0.790. The van der Waals surface area contributed by atoms with Crippen LogP contribution in [-0.2, 0) is 4.79 Å². The summed E-state index contributed by atoms with van der Waals surface area (Å²) in [5.41, 5.74) is 0.230. The number of amides is 1. The second-order valence-corrected chi connectivity index (χ2v) is 9.01. The lowest BCUT2D eigenvalue weighted by Gasteiger charge is -2.31. The average Bonchev–Trinajstić information content (AvgIpc) is 2.84. The summed E-state index contributed by atoms with van der Waals surface area (Å²) >= 11 is 1.19. The fraction of sp³-hybridized carbons (Fsp3) is 0.360. The Kier molecular flexibility index (Phi) is 6.99. The average molecular weight is 463 g/mol. The maximum absolute atomic E-state index is 13.4. The molecule has 0 spiro atoms. The van der Waals surface area contributed by atoms with Gasteiger partial charge in [0.2, 0.25) is 5.91 Å². The molecule has 1 N–H and O–H groups in total. The zero-order valence-corrected chi connectivity index (χ0v) is 19.4. The van der Waals surface area contributed by atoms with Crippen molar-refractivity contribution in [3.8, 4) is 17.5 Å². The van der Waals surface area contributed by atoms with Crippen molar-refractivity contribution < 1.29 is 9.53 Å². The number of rotatable bonds is 7. The van der Waals surface area contributed by atoms with Crippen LogP contribution < -0.4 is 15.6 Å². The molecule has 4 rings (SSSR count). The van der Waals surface area contributed by atoms with Crippen molar-refractivity contribution in [1.82, 2.24) is 14.9 Å². The number of nitrogens with one attached hydrogen (secondary N) is 1. The number of nitriles is 1. The molecule has 1 heterocycles. The second-order valence-electron chi connectivity index (χ2n) is 8.07. The quantitative estimate of drug-likeness (QED) is 0.417. The van der Waals surface area contributed by atoms with Gasteiger partial charge in [0.15, 0.2) is 5.16 Å². The van der Waals surface area contributed by atoms with Gasteiger partial charge in [0.1, 0.15) is 11.3 Å². The number of carbonyl (C=O) groups excluding carboxylic acids is 1. The van der Waals surface area contributed by atoms with E-state index in [1.807, 2.05) is 13.0 Å². The van der Waals surface area contributed by atoms with Crippen molar-refractivity contribution in [2.45, 2.75) is 49.7 Å². The van der Waals surface area contributed by atoms with Crippen molar-refractivity contribution in [3.63, 3.8) is 0 Å². The molecular formula is C25H26N4O3S. The first kappa shape index (κ1) is 22.9. The molecule has 0 saturated heterocycles. The van der Waals surface area contributed by atoms with Gasteiger partial charge in [0.25, 0.3) is 5.56 Å². The molecule has 3 aromatic rings. The molecule has 1 saturated carbocycles. The van der Waals surface area contributed by atoms with E-state index in [9.17, 15) is 14.9 Å². The molecule has 0 aliphatic heterocycles. The van der Waals surface area contributed by atoms with Gasteiger partial charge in [-0.25, -0.2) is 4.98 Å². The fourth-order valence-electron chi connectivity index (χ4n) is 4.15. The van der Waals surface area contributed by atoms with Gasteiger partial charge in [-0.05, 0) is 56.2 Å². The first-order valence-electron chi connectivity index (χ1n) is 11.2. The van der Waals surface area contributed by atoms with E-state index in [4.69, 9.17) is 4.74 Å². The lowest BCUT2D eigenvalue weighted by atomic mass is 9.83. The Bertz CT molecular complexity index is 1240. The molecule has 0 radical (unpaired) electrons.